The third kappa shape index (κ3) is 2.95. The van der Waals surface area contributed by atoms with Crippen LogP contribution in [0.25, 0.3) is 0 Å². The lowest BCUT2D eigenvalue weighted by molar-refractivity contribution is -0.143. The highest BCUT2D eigenvalue weighted by molar-refractivity contribution is 5.85. The van der Waals surface area contributed by atoms with Gasteiger partial charge in [-0.1, -0.05) is 6.92 Å². The van der Waals surface area contributed by atoms with E-state index < -0.39 is 17.5 Å². The van der Waals surface area contributed by atoms with Crippen LogP contribution in [0.15, 0.2) is 0 Å². The number of carbonyl (C=O) groups excluding carboxylic acids is 1. The number of carboxylic acid groups (broad SMARTS) is 1. The normalized spacial score (nSPS) is 26.4. The van der Waals surface area contributed by atoms with E-state index >= 15 is 0 Å². The molecule has 0 radical (unpaired) electrons. The van der Waals surface area contributed by atoms with Gasteiger partial charge in [0.1, 0.15) is 5.60 Å². The van der Waals surface area contributed by atoms with Gasteiger partial charge in [-0.25, -0.2) is 0 Å². The summed E-state index contributed by atoms with van der Waals surface area (Å²) in [7, 11) is 0. The monoisotopic (exact) mass is 229 g/mol. The molecule has 5 heteroatoms. The molecule has 2 N–H and O–H groups in total. The number of hydrogen-bond acceptors (Lipinski definition) is 3. The van der Waals surface area contributed by atoms with E-state index in [1.54, 1.807) is 13.8 Å². The van der Waals surface area contributed by atoms with Gasteiger partial charge in [-0.05, 0) is 26.2 Å². The van der Waals surface area contributed by atoms with Crippen molar-refractivity contribution in [3.63, 3.8) is 0 Å². The van der Waals surface area contributed by atoms with Crippen molar-refractivity contribution in [2.75, 3.05) is 13.2 Å². The van der Waals surface area contributed by atoms with Gasteiger partial charge in [-0.15, -0.1) is 0 Å². The largest absolute Gasteiger partial charge is 0.481 e. The zero-order chi connectivity index (χ0) is 12.2. The minimum Gasteiger partial charge on any atom is -0.481 e. The molecule has 1 aliphatic rings. The third-order valence-electron chi connectivity index (χ3n) is 3.05. The van der Waals surface area contributed by atoms with Gasteiger partial charge >= 0.3 is 5.97 Å². The van der Waals surface area contributed by atoms with Gasteiger partial charge in [0.15, 0.2) is 0 Å². The Morgan fingerprint density at radius 3 is 2.69 bits per heavy atom. The molecule has 16 heavy (non-hydrogen) atoms. The number of amides is 1. The Kier molecular flexibility index (Phi) is 4.29. The zero-order valence-corrected chi connectivity index (χ0v) is 9.78. The molecule has 0 saturated carbocycles. The molecule has 0 aromatic heterocycles. The summed E-state index contributed by atoms with van der Waals surface area (Å²) >= 11 is 0. The van der Waals surface area contributed by atoms with Crippen molar-refractivity contribution >= 4 is 11.9 Å². The van der Waals surface area contributed by atoms with Crippen molar-refractivity contribution in [3.05, 3.63) is 0 Å². The fraction of sp³-hybridized carbons (Fsp3) is 0.818. The maximum Gasteiger partial charge on any atom is 0.308 e. The average molecular weight is 229 g/mol. The Balaban J connectivity index is 2.42. The lowest BCUT2D eigenvalue weighted by Crippen LogP contribution is -2.46. The van der Waals surface area contributed by atoms with E-state index in [1.807, 2.05) is 0 Å². The van der Waals surface area contributed by atoms with Crippen LogP contribution < -0.4 is 5.32 Å². The average Bonchev–Trinajstić information content (AvgIpc) is 2.66. The van der Waals surface area contributed by atoms with Crippen LogP contribution in [0.4, 0.5) is 0 Å². The molecule has 1 saturated heterocycles. The lowest BCUT2D eigenvalue weighted by atomic mass is 10.0. The van der Waals surface area contributed by atoms with Crippen LogP contribution in [-0.4, -0.2) is 35.7 Å². The zero-order valence-electron chi connectivity index (χ0n) is 9.78. The molecule has 1 amide bonds. The first kappa shape index (κ1) is 13.0. The number of rotatable bonds is 5. The number of carboxylic acids is 1. The molecule has 2 atom stereocenters. The van der Waals surface area contributed by atoms with Gasteiger partial charge in [0.05, 0.1) is 5.92 Å². The molecule has 0 aliphatic carbocycles. The van der Waals surface area contributed by atoms with Gasteiger partial charge in [-0.3, -0.25) is 9.59 Å². The number of nitrogens with one attached hydrogen (secondary N) is 1. The molecule has 5 nitrogen and oxygen atoms in total. The standard InChI is InChI=1S/C11H19NO4/c1-3-8(9(13)14)7-12-10(15)11(2)5-4-6-16-11/h8H,3-7H2,1-2H3,(H,12,15)(H,13,14). The molecule has 1 fully saturated rings. The molecule has 0 bridgehead atoms. The fourth-order valence-corrected chi connectivity index (χ4v) is 1.77. The molecule has 1 rings (SSSR count). The Labute approximate surface area is 95.2 Å². The molecule has 92 valence electrons. The van der Waals surface area contributed by atoms with Gasteiger partial charge in [0.25, 0.3) is 5.91 Å². The van der Waals surface area contributed by atoms with Crippen molar-refractivity contribution in [1.82, 2.24) is 5.32 Å². The van der Waals surface area contributed by atoms with Crippen molar-refractivity contribution in [1.29, 1.82) is 0 Å². The van der Waals surface area contributed by atoms with Crippen LogP contribution in [0.5, 0.6) is 0 Å². The molecule has 1 aliphatic heterocycles. The van der Waals surface area contributed by atoms with E-state index in [9.17, 15) is 9.59 Å². The van der Waals surface area contributed by atoms with E-state index in [-0.39, 0.29) is 12.5 Å². The highest BCUT2D eigenvalue weighted by atomic mass is 16.5. The number of ether oxygens (including phenoxy) is 1. The molecule has 0 aromatic carbocycles. The summed E-state index contributed by atoms with van der Waals surface area (Å²) in [5.74, 6) is -1.60. The summed E-state index contributed by atoms with van der Waals surface area (Å²) in [4.78, 5) is 22.5. The summed E-state index contributed by atoms with van der Waals surface area (Å²) in [5.41, 5.74) is -0.767. The van der Waals surface area contributed by atoms with Crippen molar-refractivity contribution in [2.45, 2.75) is 38.7 Å². The van der Waals surface area contributed by atoms with Crippen molar-refractivity contribution in [2.24, 2.45) is 5.92 Å². The van der Waals surface area contributed by atoms with E-state index in [1.165, 1.54) is 0 Å². The molecule has 0 aromatic rings. The van der Waals surface area contributed by atoms with Gasteiger partial charge in [0, 0.05) is 13.2 Å². The number of hydrogen-bond donors (Lipinski definition) is 2. The predicted octanol–water partition coefficient (Wildman–Crippen LogP) is 0.782. The van der Waals surface area contributed by atoms with E-state index in [2.05, 4.69) is 5.32 Å². The second-order valence-corrected chi connectivity index (χ2v) is 4.34. The fourth-order valence-electron chi connectivity index (χ4n) is 1.77. The third-order valence-corrected chi connectivity index (χ3v) is 3.05. The highest BCUT2D eigenvalue weighted by Gasteiger charge is 2.37. The lowest BCUT2D eigenvalue weighted by Gasteiger charge is -2.22. The Hall–Kier alpha value is -1.10. The first-order valence-electron chi connectivity index (χ1n) is 5.64. The molecule has 0 spiro atoms. The first-order chi connectivity index (χ1) is 7.49. The second-order valence-electron chi connectivity index (χ2n) is 4.34. The van der Waals surface area contributed by atoms with Gasteiger partial charge in [-0.2, -0.15) is 0 Å². The van der Waals surface area contributed by atoms with Crippen LogP contribution >= 0.6 is 0 Å². The van der Waals surface area contributed by atoms with Crippen molar-refractivity contribution in [3.8, 4) is 0 Å². The van der Waals surface area contributed by atoms with Crippen LogP contribution in [0, 0.1) is 5.92 Å². The second kappa shape index (κ2) is 5.30. The van der Waals surface area contributed by atoms with E-state index in [0.29, 0.717) is 19.4 Å². The van der Waals surface area contributed by atoms with Crippen LogP contribution in [0.3, 0.4) is 0 Å². The van der Waals surface area contributed by atoms with E-state index in [4.69, 9.17) is 9.84 Å². The summed E-state index contributed by atoms with van der Waals surface area (Å²) in [6, 6.07) is 0. The molecular formula is C11H19NO4. The summed E-state index contributed by atoms with van der Waals surface area (Å²) in [6.07, 6.45) is 2.08. The minimum atomic E-state index is -0.875. The van der Waals surface area contributed by atoms with Crippen molar-refractivity contribution < 1.29 is 19.4 Å². The van der Waals surface area contributed by atoms with Crippen LogP contribution in [0.1, 0.15) is 33.1 Å². The quantitative estimate of drug-likeness (QED) is 0.730. The summed E-state index contributed by atoms with van der Waals surface area (Å²) in [5, 5.41) is 11.5. The Morgan fingerprint density at radius 2 is 2.25 bits per heavy atom. The van der Waals surface area contributed by atoms with Crippen LogP contribution in [-0.2, 0) is 14.3 Å². The van der Waals surface area contributed by atoms with Gasteiger partial charge in [0.2, 0.25) is 0 Å². The van der Waals surface area contributed by atoms with Gasteiger partial charge < -0.3 is 15.2 Å². The topological polar surface area (TPSA) is 75.6 Å². The van der Waals surface area contributed by atoms with Crippen LogP contribution in [0.2, 0.25) is 0 Å². The first-order valence-corrected chi connectivity index (χ1v) is 5.64. The Morgan fingerprint density at radius 1 is 1.56 bits per heavy atom. The number of carbonyl (C=O) groups is 2. The molecular weight excluding hydrogens is 210 g/mol. The maximum atomic E-state index is 11.8. The maximum absolute atomic E-state index is 11.8. The smallest absolute Gasteiger partial charge is 0.308 e. The summed E-state index contributed by atoms with van der Waals surface area (Å²) < 4.78 is 5.37. The molecule has 1 heterocycles. The predicted molar refractivity (Wildman–Crippen MR) is 58.0 cm³/mol. The number of aliphatic carboxylic acids is 1. The highest BCUT2D eigenvalue weighted by Crippen LogP contribution is 2.25. The minimum absolute atomic E-state index is 0.170. The SMILES string of the molecule is CCC(CNC(=O)C1(C)CCCO1)C(=O)O. The Bertz CT molecular complexity index is 271. The van der Waals surface area contributed by atoms with E-state index in [0.717, 1.165) is 6.42 Å². The molecule has 2 unspecified atom stereocenters. The summed E-state index contributed by atoms with van der Waals surface area (Å²) in [6.45, 7) is 4.31.